The van der Waals surface area contributed by atoms with Crippen molar-refractivity contribution in [3.05, 3.63) is 35.1 Å². The zero-order valence-electron chi connectivity index (χ0n) is 12.5. The quantitative estimate of drug-likeness (QED) is 0.853. The first-order valence-corrected chi connectivity index (χ1v) is 7.94. The summed E-state index contributed by atoms with van der Waals surface area (Å²) in [5, 5.41) is 8.67. The van der Waals surface area contributed by atoms with E-state index in [0.717, 1.165) is 24.3 Å². The highest BCUT2D eigenvalue weighted by atomic mass is 32.1. The molecule has 2 aromatic rings. The molecule has 6 heteroatoms. The summed E-state index contributed by atoms with van der Waals surface area (Å²) in [7, 11) is 0. The summed E-state index contributed by atoms with van der Waals surface area (Å²) in [5.74, 6) is 0.165. The minimum absolute atomic E-state index is 0.189. The molecule has 0 aliphatic rings. The molecule has 0 atom stereocenters. The second-order valence-electron chi connectivity index (χ2n) is 5.03. The van der Waals surface area contributed by atoms with Gasteiger partial charge in [-0.2, -0.15) is 0 Å². The summed E-state index contributed by atoms with van der Waals surface area (Å²) in [6, 6.07) is 1.81. The zero-order valence-corrected chi connectivity index (χ0v) is 13.3. The molecule has 0 spiro atoms. The van der Waals surface area contributed by atoms with Crippen molar-refractivity contribution in [2.24, 2.45) is 0 Å². The predicted octanol–water partition coefficient (Wildman–Crippen LogP) is 3.74. The van der Waals surface area contributed by atoms with E-state index in [1.54, 1.807) is 12.4 Å². The molecule has 2 aromatic heterocycles. The van der Waals surface area contributed by atoms with Gasteiger partial charge in [0.05, 0.1) is 16.9 Å². The van der Waals surface area contributed by atoms with Crippen molar-refractivity contribution in [3.63, 3.8) is 0 Å². The molecular formula is C15H20N4OS. The molecule has 0 aliphatic carbocycles. The number of pyridine rings is 1. The van der Waals surface area contributed by atoms with Crippen molar-refractivity contribution in [2.45, 2.75) is 33.1 Å². The Labute approximate surface area is 128 Å². The van der Waals surface area contributed by atoms with Crippen LogP contribution in [0.1, 0.15) is 49.2 Å². The molecular weight excluding hydrogens is 284 g/mol. The molecule has 2 heterocycles. The van der Waals surface area contributed by atoms with Gasteiger partial charge in [0.25, 0.3) is 5.91 Å². The van der Waals surface area contributed by atoms with Crippen molar-refractivity contribution in [2.75, 3.05) is 17.2 Å². The molecule has 0 saturated carbocycles. The van der Waals surface area contributed by atoms with Crippen LogP contribution in [0.5, 0.6) is 0 Å². The predicted molar refractivity (Wildman–Crippen MR) is 87.2 cm³/mol. The van der Waals surface area contributed by atoms with Gasteiger partial charge in [0.15, 0.2) is 5.13 Å². The number of hydrogen-bond donors (Lipinski definition) is 2. The van der Waals surface area contributed by atoms with Crippen molar-refractivity contribution >= 4 is 28.1 Å². The molecule has 0 radical (unpaired) electrons. The van der Waals surface area contributed by atoms with Gasteiger partial charge in [0, 0.05) is 24.3 Å². The van der Waals surface area contributed by atoms with E-state index in [2.05, 4.69) is 41.4 Å². The molecule has 0 aromatic carbocycles. The zero-order chi connectivity index (χ0) is 15.2. The Morgan fingerprint density at radius 1 is 1.43 bits per heavy atom. The van der Waals surface area contributed by atoms with Crippen LogP contribution in [0.25, 0.3) is 0 Å². The lowest BCUT2D eigenvalue weighted by atomic mass is 10.2. The third-order valence-electron chi connectivity index (χ3n) is 2.97. The van der Waals surface area contributed by atoms with Crippen LogP contribution < -0.4 is 10.6 Å². The molecule has 1 amide bonds. The highest BCUT2D eigenvalue weighted by Gasteiger charge is 2.14. The molecule has 2 N–H and O–H groups in total. The number of aromatic nitrogens is 2. The Balaban J connectivity index is 2.12. The second kappa shape index (κ2) is 7.17. The number of hydrogen-bond acceptors (Lipinski definition) is 5. The molecule has 0 fully saturated rings. The molecule has 0 unspecified atom stereocenters. The minimum Gasteiger partial charge on any atom is -0.384 e. The normalized spacial score (nSPS) is 10.7. The van der Waals surface area contributed by atoms with Crippen molar-refractivity contribution in [3.8, 4) is 0 Å². The lowest BCUT2D eigenvalue weighted by Crippen LogP contribution is -2.15. The maximum absolute atomic E-state index is 12.4. The van der Waals surface area contributed by atoms with Gasteiger partial charge in [-0.1, -0.05) is 20.8 Å². The van der Waals surface area contributed by atoms with Gasteiger partial charge in [-0.3, -0.25) is 15.1 Å². The Morgan fingerprint density at radius 2 is 2.24 bits per heavy atom. The topological polar surface area (TPSA) is 66.9 Å². The van der Waals surface area contributed by atoms with Crippen molar-refractivity contribution in [1.82, 2.24) is 9.97 Å². The van der Waals surface area contributed by atoms with E-state index in [0.29, 0.717) is 16.6 Å². The number of carbonyl (C=O) groups is 1. The number of nitrogens with one attached hydrogen (secondary N) is 2. The first-order chi connectivity index (χ1) is 10.1. The average Bonchev–Trinajstić information content (AvgIpc) is 2.94. The van der Waals surface area contributed by atoms with Gasteiger partial charge in [-0.25, -0.2) is 4.98 Å². The van der Waals surface area contributed by atoms with E-state index in [-0.39, 0.29) is 5.91 Å². The van der Waals surface area contributed by atoms with E-state index in [1.165, 1.54) is 11.3 Å². The van der Waals surface area contributed by atoms with Crippen LogP contribution in [0.3, 0.4) is 0 Å². The molecule has 0 bridgehead atoms. The summed E-state index contributed by atoms with van der Waals surface area (Å²) >= 11 is 1.44. The van der Waals surface area contributed by atoms with Crippen LogP contribution in [-0.2, 0) is 0 Å². The van der Waals surface area contributed by atoms with Crippen LogP contribution in [0.15, 0.2) is 23.8 Å². The maximum atomic E-state index is 12.4. The Hall–Kier alpha value is -1.95. The maximum Gasteiger partial charge on any atom is 0.261 e. The van der Waals surface area contributed by atoms with Gasteiger partial charge in [0.2, 0.25) is 0 Å². The van der Waals surface area contributed by atoms with Gasteiger partial charge in [-0.15, -0.1) is 11.3 Å². The summed E-state index contributed by atoms with van der Waals surface area (Å²) in [5.41, 5.74) is 2.32. The number of amides is 1. The van der Waals surface area contributed by atoms with Crippen LogP contribution >= 0.6 is 11.3 Å². The summed E-state index contributed by atoms with van der Waals surface area (Å²) in [6.07, 6.45) is 4.24. The molecule has 0 saturated heterocycles. The smallest absolute Gasteiger partial charge is 0.261 e. The van der Waals surface area contributed by atoms with Crippen molar-refractivity contribution < 1.29 is 4.79 Å². The Bertz CT molecular complexity index is 609. The number of rotatable bonds is 6. The van der Waals surface area contributed by atoms with Crippen LogP contribution in [-0.4, -0.2) is 22.4 Å². The fraction of sp³-hybridized carbons (Fsp3) is 0.400. The van der Waals surface area contributed by atoms with Crippen molar-refractivity contribution in [1.29, 1.82) is 0 Å². The third-order valence-corrected chi connectivity index (χ3v) is 3.74. The van der Waals surface area contributed by atoms with Crippen LogP contribution in [0.2, 0.25) is 0 Å². The van der Waals surface area contributed by atoms with E-state index in [4.69, 9.17) is 0 Å². The molecule has 21 heavy (non-hydrogen) atoms. The van der Waals surface area contributed by atoms with Gasteiger partial charge < -0.3 is 5.32 Å². The largest absolute Gasteiger partial charge is 0.384 e. The summed E-state index contributed by atoms with van der Waals surface area (Å²) in [6.45, 7) is 7.05. The molecule has 112 valence electrons. The fourth-order valence-electron chi connectivity index (χ4n) is 1.76. The summed E-state index contributed by atoms with van der Waals surface area (Å²) < 4.78 is 0. The minimum atomic E-state index is -0.189. The number of nitrogens with zero attached hydrogens (tertiary/aromatic N) is 2. The van der Waals surface area contributed by atoms with Crippen LogP contribution in [0, 0.1) is 0 Å². The molecule has 2 rings (SSSR count). The summed E-state index contributed by atoms with van der Waals surface area (Å²) in [4.78, 5) is 20.8. The van der Waals surface area contributed by atoms with E-state index < -0.39 is 0 Å². The number of anilines is 2. The number of carbonyl (C=O) groups excluding carboxylic acids is 1. The molecule has 0 aliphatic heterocycles. The lowest BCUT2D eigenvalue weighted by molar-refractivity contribution is 0.102. The Kier molecular flexibility index (Phi) is 5.27. The fourth-order valence-corrected chi connectivity index (χ4v) is 2.63. The monoisotopic (exact) mass is 304 g/mol. The average molecular weight is 304 g/mol. The SMILES string of the molecule is CCCNc1ccncc1C(=O)Nc1nc(C(C)C)cs1. The first-order valence-electron chi connectivity index (χ1n) is 7.06. The van der Waals surface area contributed by atoms with Gasteiger partial charge in [-0.05, 0) is 18.4 Å². The molecule has 5 nitrogen and oxygen atoms in total. The third kappa shape index (κ3) is 4.01. The van der Waals surface area contributed by atoms with E-state index in [9.17, 15) is 4.79 Å². The first kappa shape index (κ1) is 15.4. The number of thiazole rings is 1. The van der Waals surface area contributed by atoms with E-state index >= 15 is 0 Å². The van der Waals surface area contributed by atoms with Crippen LogP contribution in [0.4, 0.5) is 10.8 Å². The second-order valence-corrected chi connectivity index (χ2v) is 5.89. The van der Waals surface area contributed by atoms with E-state index in [1.807, 2.05) is 11.4 Å². The Morgan fingerprint density at radius 3 is 2.90 bits per heavy atom. The standard InChI is InChI=1S/C15H20N4OS/c1-4-6-17-12-5-7-16-8-11(12)14(20)19-15-18-13(9-21-15)10(2)3/h5,7-10H,4,6H2,1-3H3,(H,16,17)(H,18,19,20). The van der Waals surface area contributed by atoms with Gasteiger partial charge >= 0.3 is 0 Å². The highest BCUT2D eigenvalue weighted by Crippen LogP contribution is 2.23. The highest BCUT2D eigenvalue weighted by molar-refractivity contribution is 7.14. The lowest BCUT2D eigenvalue weighted by Gasteiger charge is -2.10. The van der Waals surface area contributed by atoms with Gasteiger partial charge in [0.1, 0.15) is 0 Å².